The number of halogens is 3. The molecule has 0 unspecified atom stereocenters. The minimum absolute atomic E-state index is 0.676. The minimum Gasteiger partial charge on any atom is -0.475 e. The molecule has 0 saturated carbocycles. The van der Waals surface area contributed by atoms with E-state index in [4.69, 9.17) is 14.6 Å². The van der Waals surface area contributed by atoms with E-state index < -0.39 is 12.1 Å². The van der Waals surface area contributed by atoms with Gasteiger partial charge in [0.2, 0.25) is 0 Å². The Hall–Kier alpha value is -2.34. The molecule has 0 bridgehead atoms. The molecule has 2 aromatic carbocycles. The first-order chi connectivity index (χ1) is 10.4. The lowest BCUT2D eigenvalue weighted by Gasteiger charge is -2.03. The van der Waals surface area contributed by atoms with Crippen LogP contribution in [0.2, 0.25) is 0 Å². The summed E-state index contributed by atoms with van der Waals surface area (Å²) >= 11 is 0. The minimum atomic E-state index is -5.08. The Bertz CT molecular complexity index is 514. The molecule has 0 saturated heterocycles. The molecule has 0 aromatic heterocycles. The topological polar surface area (TPSA) is 46.5 Å². The van der Waals surface area contributed by atoms with Crippen molar-refractivity contribution in [3.8, 4) is 0 Å². The van der Waals surface area contributed by atoms with E-state index in [1.807, 2.05) is 36.4 Å². The summed E-state index contributed by atoms with van der Waals surface area (Å²) in [7, 11) is 0. The third-order valence-corrected chi connectivity index (χ3v) is 2.47. The number of hydrogen-bond donors (Lipinski definition) is 1. The van der Waals surface area contributed by atoms with Crippen molar-refractivity contribution in [1.29, 1.82) is 0 Å². The van der Waals surface area contributed by atoms with E-state index in [2.05, 4.69) is 24.3 Å². The van der Waals surface area contributed by atoms with Crippen molar-refractivity contribution in [2.45, 2.75) is 19.4 Å². The lowest BCUT2D eigenvalue weighted by molar-refractivity contribution is -0.192. The van der Waals surface area contributed by atoms with E-state index in [9.17, 15) is 13.2 Å². The number of alkyl halides is 3. The highest BCUT2D eigenvalue weighted by Crippen LogP contribution is 2.13. The molecule has 22 heavy (non-hydrogen) atoms. The van der Waals surface area contributed by atoms with Crippen LogP contribution in [0.4, 0.5) is 13.2 Å². The van der Waals surface area contributed by atoms with Gasteiger partial charge >= 0.3 is 12.1 Å². The van der Waals surface area contributed by atoms with Crippen LogP contribution in [0.15, 0.2) is 60.7 Å². The van der Waals surface area contributed by atoms with Gasteiger partial charge in [0, 0.05) is 0 Å². The van der Waals surface area contributed by atoms with E-state index >= 15 is 0 Å². The van der Waals surface area contributed by atoms with Gasteiger partial charge in [-0.15, -0.1) is 0 Å². The summed E-state index contributed by atoms with van der Waals surface area (Å²) in [6.07, 6.45) is -5.08. The lowest BCUT2D eigenvalue weighted by atomic mass is 10.2. The SMILES string of the molecule is O=C(O)C(F)(F)F.c1ccc(COCc2ccccc2)cc1. The number of carboxylic acid groups (broad SMARTS) is 1. The van der Waals surface area contributed by atoms with Gasteiger partial charge in [-0.1, -0.05) is 60.7 Å². The maximum absolute atomic E-state index is 10.6. The highest BCUT2D eigenvalue weighted by atomic mass is 19.4. The van der Waals surface area contributed by atoms with Gasteiger partial charge in [-0.25, -0.2) is 4.79 Å². The molecule has 0 radical (unpaired) electrons. The third-order valence-electron chi connectivity index (χ3n) is 2.47. The number of benzene rings is 2. The summed E-state index contributed by atoms with van der Waals surface area (Å²) < 4.78 is 37.3. The quantitative estimate of drug-likeness (QED) is 0.927. The second-order valence-electron chi connectivity index (χ2n) is 4.27. The maximum atomic E-state index is 10.6. The Morgan fingerprint density at radius 1 is 0.864 bits per heavy atom. The number of aliphatic carboxylic acids is 1. The smallest absolute Gasteiger partial charge is 0.475 e. The average Bonchev–Trinajstić information content (AvgIpc) is 2.49. The molecule has 0 atom stereocenters. The zero-order chi connectivity index (χ0) is 16.4. The Balaban J connectivity index is 0.000000295. The van der Waals surface area contributed by atoms with E-state index in [-0.39, 0.29) is 0 Å². The lowest BCUT2D eigenvalue weighted by Crippen LogP contribution is -2.21. The molecule has 0 spiro atoms. The summed E-state index contributed by atoms with van der Waals surface area (Å²) in [5, 5.41) is 7.12. The number of carbonyl (C=O) groups is 1. The second-order valence-corrected chi connectivity index (χ2v) is 4.27. The van der Waals surface area contributed by atoms with Crippen LogP contribution in [0, 0.1) is 0 Å². The molecule has 6 heteroatoms. The predicted octanol–water partition coefficient (Wildman–Crippen LogP) is 4.04. The van der Waals surface area contributed by atoms with Crippen LogP contribution >= 0.6 is 0 Å². The second kappa shape index (κ2) is 8.84. The van der Waals surface area contributed by atoms with Crippen molar-refractivity contribution in [3.05, 3.63) is 71.8 Å². The average molecular weight is 312 g/mol. The van der Waals surface area contributed by atoms with Gasteiger partial charge in [0.1, 0.15) is 0 Å². The van der Waals surface area contributed by atoms with Crippen LogP contribution in [0.5, 0.6) is 0 Å². The monoisotopic (exact) mass is 312 g/mol. The summed E-state index contributed by atoms with van der Waals surface area (Å²) in [5.41, 5.74) is 2.43. The largest absolute Gasteiger partial charge is 0.490 e. The fourth-order valence-corrected chi connectivity index (χ4v) is 1.44. The fourth-order valence-electron chi connectivity index (χ4n) is 1.44. The van der Waals surface area contributed by atoms with Gasteiger partial charge < -0.3 is 9.84 Å². The van der Waals surface area contributed by atoms with Crippen molar-refractivity contribution in [3.63, 3.8) is 0 Å². The summed E-state index contributed by atoms with van der Waals surface area (Å²) in [4.78, 5) is 8.90. The molecule has 118 valence electrons. The Morgan fingerprint density at radius 3 is 1.45 bits per heavy atom. The van der Waals surface area contributed by atoms with Crippen molar-refractivity contribution >= 4 is 5.97 Å². The van der Waals surface area contributed by atoms with Gasteiger partial charge in [-0.2, -0.15) is 13.2 Å². The van der Waals surface area contributed by atoms with Gasteiger partial charge in [0.25, 0.3) is 0 Å². The summed E-state index contributed by atoms with van der Waals surface area (Å²) in [5.74, 6) is -2.76. The van der Waals surface area contributed by atoms with Crippen molar-refractivity contribution in [2.75, 3.05) is 0 Å². The van der Waals surface area contributed by atoms with Crippen LogP contribution in [0.3, 0.4) is 0 Å². The third kappa shape index (κ3) is 7.44. The Morgan fingerprint density at radius 2 is 1.18 bits per heavy atom. The number of carboxylic acids is 1. The first kappa shape index (κ1) is 17.7. The van der Waals surface area contributed by atoms with Gasteiger partial charge in [0.15, 0.2) is 0 Å². The Kier molecular flexibility index (Phi) is 7.12. The molecule has 0 aliphatic carbocycles. The standard InChI is InChI=1S/C14H14O.C2HF3O2/c1-3-7-13(8-4-1)11-15-12-14-9-5-2-6-10-14;3-2(4,5)1(6)7/h1-10H,11-12H2;(H,6,7). The first-order valence-corrected chi connectivity index (χ1v) is 6.35. The number of ether oxygens (including phenoxy) is 1. The highest BCUT2D eigenvalue weighted by molar-refractivity contribution is 5.73. The normalized spacial score (nSPS) is 10.5. The summed E-state index contributed by atoms with van der Waals surface area (Å²) in [6.45, 7) is 1.35. The van der Waals surface area contributed by atoms with Crippen LogP contribution < -0.4 is 0 Å². The van der Waals surface area contributed by atoms with Gasteiger partial charge in [-0.05, 0) is 11.1 Å². The van der Waals surface area contributed by atoms with Crippen molar-refractivity contribution in [1.82, 2.24) is 0 Å². The molecular weight excluding hydrogens is 297 g/mol. The molecule has 0 aliphatic heterocycles. The van der Waals surface area contributed by atoms with Crippen LogP contribution in [-0.2, 0) is 22.7 Å². The van der Waals surface area contributed by atoms with Crippen LogP contribution in [-0.4, -0.2) is 17.3 Å². The van der Waals surface area contributed by atoms with Gasteiger partial charge in [-0.3, -0.25) is 0 Å². The van der Waals surface area contributed by atoms with E-state index in [0.29, 0.717) is 13.2 Å². The summed E-state index contributed by atoms with van der Waals surface area (Å²) in [6, 6.07) is 20.4. The molecule has 2 aromatic rings. The zero-order valence-electron chi connectivity index (χ0n) is 11.6. The van der Waals surface area contributed by atoms with Crippen molar-refractivity contribution < 1.29 is 27.8 Å². The number of rotatable bonds is 4. The molecule has 0 fully saturated rings. The van der Waals surface area contributed by atoms with E-state index in [0.717, 1.165) is 0 Å². The molecular formula is C16H15F3O3. The molecule has 3 nitrogen and oxygen atoms in total. The fraction of sp³-hybridized carbons (Fsp3) is 0.188. The molecule has 2 rings (SSSR count). The molecule has 0 amide bonds. The van der Waals surface area contributed by atoms with Crippen LogP contribution in [0.1, 0.15) is 11.1 Å². The van der Waals surface area contributed by atoms with Crippen LogP contribution in [0.25, 0.3) is 0 Å². The first-order valence-electron chi connectivity index (χ1n) is 6.35. The molecule has 1 N–H and O–H groups in total. The molecule has 0 heterocycles. The number of hydrogen-bond acceptors (Lipinski definition) is 2. The van der Waals surface area contributed by atoms with Gasteiger partial charge in [0.05, 0.1) is 13.2 Å². The Labute approximate surface area is 126 Å². The highest BCUT2D eigenvalue weighted by Gasteiger charge is 2.38. The van der Waals surface area contributed by atoms with E-state index in [1.165, 1.54) is 11.1 Å². The van der Waals surface area contributed by atoms with Crippen molar-refractivity contribution in [2.24, 2.45) is 0 Å². The predicted molar refractivity (Wildman–Crippen MR) is 75.1 cm³/mol. The van der Waals surface area contributed by atoms with E-state index in [1.54, 1.807) is 0 Å². The molecule has 0 aliphatic rings. The maximum Gasteiger partial charge on any atom is 0.490 e. The zero-order valence-corrected chi connectivity index (χ0v) is 11.6.